The number of anilines is 2. The van der Waals surface area contributed by atoms with Crippen LogP contribution in [0.2, 0.25) is 0 Å². The Kier molecular flexibility index (Phi) is 3.38. The number of hydrogen-bond acceptors (Lipinski definition) is 3. The number of nitrogens with one attached hydrogen (secondary N) is 1. The lowest BCUT2D eigenvalue weighted by atomic mass is 10.2. The van der Waals surface area contributed by atoms with Crippen LogP contribution in [0.3, 0.4) is 0 Å². The molecule has 3 nitrogen and oxygen atoms in total. The Bertz CT molecular complexity index is 392. The molecule has 2 atom stereocenters. The van der Waals surface area contributed by atoms with Gasteiger partial charge in [-0.05, 0) is 47.2 Å². The summed E-state index contributed by atoms with van der Waals surface area (Å²) in [5, 5.41) is 3.47. The van der Waals surface area contributed by atoms with Crippen molar-refractivity contribution in [3.8, 4) is 0 Å². The second-order valence-electron chi connectivity index (χ2n) is 4.54. The summed E-state index contributed by atoms with van der Waals surface area (Å²) >= 11 is 3.54. The molecule has 2 rings (SSSR count). The molecule has 1 aliphatic rings. The minimum atomic E-state index is 0.603. The van der Waals surface area contributed by atoms with E-state index in [1.54, 1.807) is 6.20 Å². The van der Waals surface area contributed by atoms with E-state index >= 15 is 0 Å². The third-order valence-corrected chi connectivity index (χ3v) is 4.18. The van der Waals surface area contributed by atoms with Crippen LogP contribution >= 0.6 is 15.9 Å². The van der Waals surface area contributed by atoms with Gasteiger partial charge in [0.15, 0.2) is 0 Å². The highest BCUT2D eigenvalue weighted by Crippen LogP contribution is 2.39. The lowest BCUT2D eigenvalue weighted by molar-refractivity contribution is 0.692. The molecule has 16 heavy (non-hydrogen) atoms. The summed E-state index contributed by atoms with van der Waals surface area (Å²) in [7, 11) is 0. The number of pyridine rings is 1. The second-order valence-corrected chi connectivity index (χ2v) is 5.33. The summed E-state index contributed by atoms with van der Waals surface area (Å²) in [5.41, 5.74) is 7.59. The van der Waals surface area contributed by atoms with Crippen molar-refractivity contribution in [3.05, 3.63) is 16.2 Å². The van der Waals surface area contributed by atoms with Gasteiger partial charge < -0.3 is 11.1 Å². The molecule has 88 valence electrons. The first kappa shape index (κ1) is 11.7. The SMILES string of the molecule is CCCC1CC1Nc1ncc(N)c(C)c1Br. The molecule has 0 saturated heterocycles. The Balaban J connectivity index is 2.03. The van der Waals surface area contributed by atoms with Gasteiger partial charge in [-0.1, -0.05) is 13.3 Å². The third kappa shape index (κ3) is 2.32. The van der Waals surface area contributed by atoms with Crippen molar-refractivity contribution in [1.29, 1.82) is 0 Å². The molecule has 1 saturated carbocycles. The molecule has 0 bridgehead atoms. The lowest BCUT2D eigenvalue weighted by Crippen LogP contribution is -2.08. The lowest BCUT2D eigenvalue weighted by Gasteiger charge is -2.10. The molecule has 0 spiro atoms. The van der Waals surface area contributed by atoms with Crippen molar-refractivity contribution in [3.63, 3.8) is 0 Å². The predicted octanol–water partition coefficient (Wildman–Crippen LogP) is 3.34. The van der Waals surface area contributed by atoms with Crippen molar-refractivity contribution in [2.45, 2.75) is 39.2 Å². The Morgan fingerprint density at radius 1 is 1.62 bits per heavy atom. The largest absolute Gasteiger partial charge is 0.397 e. The highest BCUT2D eigenvalue weighted by molar-refractivity contribution is 9.10. The van der Waals surface area contributed by atoms with Crippen molar-refractivity contribution in [1.82, 2.24) is 4.98 Å². The van der Waals surface area contributed by atoms with E-state index in [0.717, 1.165) is 27.5 Å². The predicted molar refractivity (Wildman–Crippen MR) is 71.5 cm³/mol. The van der Waals surface area contributed by atoms with Crippen LogP contribution in [0.25, 0.3) is 0 Å². The van der Waals surface area contributed by atoms with Gasteiger partial charge in [-0.2, -0.15) is 0 Å². The van der Waals surface area contributed by atoms with Crippen LogP contribution in [-0.4, -0.2) is 11.0 Å². The van der Waals surface area contributed by atoms with E-state index in [1.165, 1.54) is 19.3 Å². The van der Waals surface area contributed by atoms with Gasteiger partial charge in [0, 0.05) is 6.04 Å². The van der Waals surface area contributed by atoms with E-state index in [9.17, 15) is 0 Å². The van der Waals surface area contributed by atoms with E-state index in [0.29, 0.717) is 6.04 Å². The molecule has 1 heterocycles. The maximum atomic E-state index is 5.79. The first-order valence-electron chi connectivity index (χ1n) is 5.80. The molecule has 0 aromatic carbocycles. The standard InChI is InChI=1S/C12H18BrN3/c1-3-4-8-5-10(8)16-12-11(13)7(2)9(14)6-15-12/h6,8,10H,3-5,14H2,1-2H3,(H,15,16). The Hall–Kier alpha value is -0.770. The Morgan fingerprint density at radius 3 is 3.06 bits per heavy atom. The van der Waals surface area contributed by atoms with Crippen molar-refractivity contribution in [2.24, 2.45) is 5.92 Å². The molecule has 1 aromatic rings. The highest BCUT2D eigenvalue weighted by Gasteiger charge is 2.36. The normalized spacial score (nSPS) is 23.2. The summed E-state index contributed by atoms with van der Waals surface area (Å²) in [4.78, 5) is 4.33. The molecule has 1 aliphatic carbocycles. The van der Waals surface area contributed by atoms with Gasteiger partial charge in [-0.15, -0.1) is 0 Å². The molecule has 4 heteroatoms. The van der Waals surface area contributed by atoms with Gasteiger partial charge in [0.1, 0.15) is 5.82 Å². The van der Waals surface area contributed by atoms with Crippen LogP contribution in [-0.2, 0) is 0 Å². The minimum absolute atomic E-state index is 0.603. The van der Waals surface area contributed by atoms with Gasteiger partial charge in [0.25, 0.3) is 0 Å². The molecule has 0 radical (unpaired) electrons. The van der Waals surface area contributed by atoms with E-state index in [2.05, 4.69) is 33.2 Å². The Morgan fingerprint density at radius 2 is 2.38 bits per heavy atom. The van der Waals surface area contributed by atoms with Gasteiger partial charge >= 0.3 is 0 Å². The fourth-order valence-corrected chi connectivity index (χ4v) is 2.43. The first-order valence-corrected chi connectivity index (χ1v) is 6.59. The number of nitrogens with two attached hydrogens (primary N) is 1. The highest BCUT2D eigenvalue weighted by atomic mass is 79.9. The van der Waals surface area contributed by atoms with Crippen molar-refractivity contribution >= 4 is 27.4 Å². The van der Waals surface area contributed by atoms with Crippen LogP contribution in [0.4, 0.5) is 11.5 Å². The van der Waals surface area contributed by atoms with Crippen LogP contribution in [0.5, 0.6) is 0 Å². The second kappa shape index (κ2) is 4.62. The summed E-state index contributed by atoms with van der Waals surface area (Å²) < 4.78 is 0.995. The summed E-state index contributed by atoms with van der Waals surface area (Å²) in [6.45, 7) is 4.24. The molecule has 3 N–H and O–H groups in total. The number of aromatic nitrogens is 1. The van der Waals surface area contributed by atoms with E-state index in [1.807, 2.05) is 6.92 Å². The summed E-state index contributed by atoms with van der Waals surface area (Å²) in [6, 6.07) is 0.603. The van der Waals surface area contributed by atoms with Crippen LogP contribution < -0.4 is 11.1 Å². The topological polar surface area (TPSA) is 50.9 Å². The number of nitrogen functional groups attached to an aromatic ring is 1. The van der Waals surface area contributed by atoms with E-state index in [4.69, 9.17) is 5.73 Å². The van der Waals surface area contributed by atoms with E-state index < -0.39 is 0 Å². The van der Waals surface area contributed by atoms with Crippen molar-refractivity contribution in [2.75, 3.05) is 11.1 Å². The number of halogens is 1. The van der Waals surface area contributed by atoms with Crippen LogP contribution in [0, 0.1) is 12.8 Å². The summed E-state index contributed by atoms with van der Waals surface area (Å²) in [6.07, 6.45) is 5.56. The fourth-order valence-electron chi connectivity index (χ4n) is 1.98. The van der Waals surface area contributed by atoms with Crippen LogP contribution in [0.15, 0.2) is 10.7 Å². The zero-order valence-electron chi connectivity index (χ0n) is 9.76. The monoisotopic (exact) mass is 283 g/mol. The van der Waals surface area contributed by atoms with Crippen LogP contribution in [0.1, 0.15) is 31.7 Å². The first-order chi connectivity index (χ1) is 7.63. The number of nitrogens with zero attached hydrogens (tertiary/aromatic N) is 1. The minimum Gasteiger partial charge on any atom is -0.397 e. The average molecular weight is 284 g/mol. The van der Waals surface area contributed by atoms with Gasteiger partial charge in [-0.3, -0.25) is 0 Å². The Labute approximate surface area is 105 Å². The quantitative estimate of drug-likeness (QED) is 0.891. The van der Waals surface area contributed by atoms with Gasteiger partial charge in [-0.25, -0.2) is 4.98 Å². The number of rotatable bonds is 4. The smallest absolute Gasteiger partial charge is 0.140 e. The number of hydrogen-bond donors (Lipinski definition) is 2. The zero-order valence-corrected chi connectivity index (χ0v) is 11.3. The fraction of sp³-hybridized carbons (Fsp3) is 0.583. The maximum Gasteiger partial charge on any atom is 0.140 e. The molecular formula is C12H18BrN3. The van der Waals surface area contributed by atoms with Gasteiger partial charge in [0.2, 0.25) is 0 Å². The summed E-state index contributed by atoms with van der Waals surface area (Å²) in [5.74, 6) is 1.76. The molecule has 0 amide bonds. The van der Waals surface area contributed by atoms with E-state index in [-0.39, 0.29) is 0 Å². The molecule has 1 aromatic heterocycles. The third-order valence-electron chi connectivity index (χ3n) is 3.21. The molecular weight excluding hydrogens is 266 g/mol. The molecule has 1 fully saturated rings. The molecule has 2 unspecified atom stereocenters. The van der Waals surface area contributed by atoms with Crippen molar-refractivity contribution < 1.29 is 0 Å². The average Bonchev–Trinajstić information content (AvgIpc) is 2.98. The molecule has 0 aliphatic heterocycles. The van der Waals surface area contributed by atoms with Gasteiger partial charge in [0.05, 0.1) is 16.4 Å². The zero-order chi connectivity index (χ0) is 11.7. The maximum absolute atomic E-state index is 5.79.